The van der Waals surface area contributed by atoms with Gasteiger partial charge in [-0.25, -0.2) is 14.8 Å². The molecule has 1 aliphatic carbocycles. The van der Waals surface area contributed by atoms with Gasteiger partial charge in [0.05, 0.1) is 0 Å². The summed E-state index contributed by atoms with van der Waals surface area (Å²) >= 11 is 0. The summed E-state index contributed by atoms with van der Waals surface area (Å²) in [4.78, 5) is 23.4. The van der Waals surface area contributed by atoms with Gasteiger partial charge in [0, 0.05) is 42.8 Å². The highest BCUT2D eigenvalue weighted by Crippen LogP contribution is 2.22. The highest BCUT2D eigenvalue weighted by atomic mass is 16.2. The summed E-state index contributed by atoms with van der Waals surface area (Å²) < 4.78 is 0. The van der Waals surface area contributed by atoms with Crippen molar-refractivity contribution < 1.29 is 4.79 Å². The van der Waals surface area contributed by atoms with Crippen molar-refractivity contribution in [1.29, 1.82) is 0 Å². The Balaban J connectivity index is 1.49. The van der Waals surface area contributed by atoms with Crippen LogP contribution in [0, 0.1) is 0 Å². The molecule has 5 heteroatoms. The molecule has 1 fully saturated rings. The third-order valence-electron chi connectivity index (χ3n) is 4.96. The van der Waals surface area contributed by atoms with Crippen molar-refractivity contribution in [2.75, 3.05) is 6.54 Å². The second-order valence-electron chi connectivity index (χ2n) is 6.60. The van der Waals surface area contributed by atoms with Crippen molar-refractivity contribution in [2.45, 2.75) is 51.1 Å². The van der Waals surface area contributed by atoms with Gasteiger partial charge in [0.25, 0.3) is 0 Å². The van der Waals surface area contributed by atoms with Crippen molar-refractivity contribution in [1.82, 2.24) is 20.2 Å². The van der Waals surface area contributed by atoms with Gasteiger partial charge in [-0.1, -0.05) is 19.3 Å². The van der Waals surface area contributed by atoms with Crippen molar-refractivity contribution in [3.63, 3.8) is 0 Å². The zero-order valence-corrected chi connectivity index (χ0v) is 13.3. The van der Waals surface area contributed by atoms with E-state index in [1.807, 2.05) is 17.0 Å². The number of hydrogen-bond donors (Lipinski definition) is 1. The average Bonchev–Trinajstić information content (AvgIpc) is 2.60. The predicted octanol–water partition coefficient (Wildman–Crippen LogP) is 3.03. The van der Waals surface area contributed by atoms with E-state index in [2.05, 4.69) is 21.4 Å². The summed E-state index contributed by atoms with van der Waals surface area (Å²) in [6.45, 7) is 1.38. The lowest BCUT2D eigenvalue weighted by Crippen LogP contribution is -2.47. The molecule has 0 unspecified atom stereocenters. The van der Waals surface area contributed by atoms with E-state index in [9.17, 15) is 4.79 Å². The number of nitrogens with zero attached hydrogens (tertiary/aromatic N) is 3. The second kappa shape index (κ2) is 6.14. The van der Waals surface area contributed by atoms with Crippen LogP contribution in [0.4, 0.5) is 4.79 Å². The van der Waals surface area contributed by atoms with E-state index in [0.717, 1.165) is 48.1 Å². The molecule has 0 atom stereocenters. The summed E-state index contributed by atoms with van der Waals surface area (Å²) in [6, 6.07) is 6.51. The summed E-state index contributed by atoms with van der Waals surface area (Å²) in [5, 5.41) is 4.25. The van der Waals surface area contributed by atoms with E-state index in [4.69, 9.17) is 0 Å². The molecule has 2 aromatic rings. The molecule has 0 saturated heterocycles. The SMILES string of the molecule is O=C(NC1CCCCC1)N1CCc2nc3ncccc3cc2C1. The molecule has 1 aliphatic heterocycles. The monoisotopic (exact) mass is 310 g/mol. The predicted molar refractivity (Wildman–Crippen MR) is 89.1 cm³/mol. The zero-order chi connectivity index (χ0) is 15.6. The fourth-order valence-electron chi connectivity index (χ4n) is 3.65. The summed E-state index contributed by atoms with van der Waals surface area (Å²) in [7, 11) is 0. The maximum absolute atomic E-state index is 12.5. The minimum absolute atomic E-state index is 0.0776. The quantitative estimate of drug-likeness (QED) is 0.881. The number of fused-ring (bicyclic) bond motifs is 2. The van der Waals surface area contributed by atoms with Gasteiger partial charge >= 0.3 is 6.03 Å². The Bertz CT molecular complexity index is 724. The molecule has 5 nitrogen and oxygen atoms in total. The third kappa shape index (κ3) is 3.00. The fraction of sp³-hybridized carbons (Fsp3) is 0.500. The van der Waals surface area contributed by atoms with Crippen LogP contribution in [-0.4, -0.2) is 33.5 Å². The van der Waals surface area contributed by atoms with Crippen LogP contribution in [0.2, 0.25) is 0 Å². The Labute approximate surface area is 136 Å². The summed E-state index contributed by atoms with van der Waals surface area (Å²) in [6.07, 6.45) is 8.58. The van der Waals surface area contributed by atoms with Gasteiger partial charge in [-0.3, -0.25) is 0 Å². The van der Waals surface area contributed by atoms with Crippen LogP contribution in [0.1, 0.15) is 43.4 Å². The molecule has 0 aromatic carbocycles. The molecular weight excluding hydrogens is 288 g/mol. The minimum Gasteiger partial charge on any atom is -0.335 e. The third-order valence-corrected chi connectivity index (χ3v) is 4.96. The largest absolute Gasteiger partial charge is 0.335 e. The summed E-state index contributed by atoms with van der Waals surface area (Å²) in [5.41, 5.74) is 3.03. The Morgan fingerprint density at radius 1 is 1.26 bits per heavy atom. The molecular formula is C18H22N4O. The minimum atomic E-state index is 0.0776. The van der Waals surface area contributed by atoms with Gasteiger partial charge in [-0.15, -0.1) is 0 Å². The van der Waals surface area contributed by atoms with E-state index >= 15 is 0 Å². The normalized spacial score (nSPS) is 18.7. The number of urea groups is 1. The molecule has 1 N–H and O–H groups in total. The average molecular weight is 310 g/mol. The van der Waals surface area contributed by atoms with E-state index in [0.29, 0.717) is 12.6 Å². The Morgan fingerprint density at radius 2 is 2.13 bits per heavy atom. The van der Waals surface area contributed by atoms with Gasteiger partial charge in [-0.05, 0) is 36.6 Å². The van der Waals surface area contributed by atoms with Crippen LogP contribution >= 0.6 is 0 Å². The fourth-order valence-corrected chi connectivity index (χ4v) is 3.65. The number of hydrogen-bond acceptors (Lipinski definition) is 3. The van der Waals surface area contributed by atoms with E-state index in [1.54, 1.807) is 6.20 Å². The van der Waals surface area contributed by atoms with E-state index in [1.165, 1.54) is 19.3 Å². The maximum atomic E-state index is 12.5. The number of amides is 2. The highest BCUT2D eigenvalue weighted by Gasteiger charge is 2.24. The smallest absolute Gasteiger partial charge is 0.317 e. The number of carbonyl (C=O) groups is 1. The number of carbonyl (C=O) groups excluding carboxylic acids is 1. The topological polar surface area (TPSA) is 58.1 Å². The van der Waals surface area contributed by atoms with Crippen molar-refractivity contribution in [2.24, 2.45) is 0 Å². The maximum Gasteiger partial charge on any atom is 0.317 e. The van der Waals surface area contributed by atoms with Crippen LogP contribution in [0.3, 0.4) is 0 Å². The molecule has 23 heavy (non-hydrogen) atoms. The molecule has 2 aliphatic rings. The number of pyridine rings is 2. The molecule has 0 radical (unpaired) electrons. The van der Waals surface area contributed by atoms with Crippen LogP contribution in [0.25, 0.3) is 11.0 Å². The van der Waals surface area contributed by atoms with Crippen molar-refractivity contribution >= 4 is 17.1 Å². The molecule has 2 aromatic heterocycles. The van der Waals surface area contributed by atoms with Crippen molar-refractivity contribution in [3.8, 4) is 0 Å². The van der Waals surface area contributed by atoms with Gasteiger partial charge in [0.1, 0.15) is 0 Å². The standard InChI is InChI=1S/C18H22N4O/c23-18(20-15-6-2-1-3-7-15)22-10-8-16-14(12-22)11-13-5-4-9-19-17(13)21-16/h4-5,9,11,15H,1-3,6-8,10,12H2,(H,20,23). The van der Waals surface area contributed by atoms with E-state index < -0.39 is 0 Å². The second-order valence-corrected chi connectivity index (χ2v) is 6.60. The van der Waals surface area contributed by atoms with Crippen molar-refractivity contribution in [3.05, 3.63) is 35.7 Å². The van der Waals surface area contributed by atoms with Crippen LogP contribution in [-0.2, 0) is 13.0 Å². The molecule has 0 bridgehead atoms. The lowest BCUT2D eigenvalue weighted by atomic mass is 9.95. The number of rotatable bonds is 1. The van der Waals surface area contributed by atoms with E-state index in [-0.39, 0.29) is 6.03 Å². The Morgan fingerprint density at radius 3 is 3.00 bits per heavy atom. The Hall–Kier alpha value is -2.17. The molecule has 1 saturated carbocycles. The number of aromatic nitrogens is 2. The first-order valence-electron chi connectivity index (χ1n) is 8.58. The van der Waals surface area contributed by atoms with Gasteiger partial charge < -0.3 is 10.2 Å². The molecule has 2 amide bonds. The molecule has 0 spiro atoms. The first kappa shape index (κ1) is 14.4. The first-order valence-corrected chi connectivity index (χ1v) is 8.58. The molecule has 120 valence electrons. The highest BCUT2D eigenvalue weighted by molar-refractivity contribution is 5.77. The van der Waals surface area contributed by atoms with Crippen LogP contribution in [0.5, 0.6) is 0 Å². The number of nitrogens with one attached hydrogen (secondary N) is 1. The lowest BCUT2D eigenvalue weighted by Gasteiger charge is -2.31. The Kier molecular flexibility index (Phi) is 3.85. The van der Waals surface area contributed by atoms with Crippen LogP contribution < -0.4 is 5.32 Å². The van der Waals surface area contributed by atoms with Gasteiger partial charge in [0.2, 0.25) is 0 Å². The molecule has 4 rings (SSSR count). The van der Waals surface area contributed by atoms with Gasteiger partial charge in [-0.2, -0.15) is 0 Å². The van der Waals surface area contributed by atoms with Crippen LogP contribution in [0.15, 0.2) is 24.4 Å². The zero-order valence-electron chi connectivity index (χ0n) is 13.3. The summed E-state index contributed by atoms with van der Waals surface area (Å²) in [5.74, 6) is 0. The van der Waals surface area contributed by atoms with Gasteiger partial charge in [0.15, 0.2) is 5.65 Å². The molecule has 3 heterocycles. The lowest BCUT2D eigenvalue weighted by molar-refractivity contribution is 0.184. The first-order chi connectivity index (χ1) is 11.3.